The summed E-state index contributed by atoms with van der Waals surface area (Å²) in [6.07, 6.45) is -2.31. The Kier molecular flexibility index (Phi) is 2.52. The third-order valence-electron chi connectivity index (χ3n) is 3.00. The molecule has 1 aliphatic carbocycles. The lowest BCUT2D eigenvalue weighted by molar-refractivity contribution is -0.137. The van der Waals surface area contributed by atoms with E-state index in [4.69, 9.17) is 0 Å². The maximum absolute atomic E-state index is 13.0. The molecule has 2 nitrogen and oxygen atoms in total. The third-order valence-corrected chi connectivity index (χ3v) is 3.82. The van der Waals surface area contributed by atoms with E-state index in [1.165, 1.54) is 24.1 Å². The molecule has 0 saturated heterocycles. The van der Waals surface area contributed by atoms with Crippen LogP contribution in [0.25, 0.3) is 0 Å². The molecule has 2 aliphatic rings. The fraction of sp³-hybridized carbons (Fsp3) is 0.455. The first kappa shape index (κ1) is 11.2. The summed E-state index contributed by atoms with van der Waals surface area (Å²) in [4.78, 5) is 2.51. The molecule has 1 fully saturated rings. The minimum atomic E-state index is -4.28. The Morgan fingerprint density at radius 1 is 1.29 bits per heavy atom. The Hall–Kier alpha value is -0.880. The first-order chi connectivity index (χ1) is 8.07. The summed E-state index contributed by atoms with van der Waals surface area (Å²) in [5, 5.41) is 0. The number of anilines is 1. The number of fused-ring (bicyclic) bond motifs is 1. The van der Waals surface area contributed by atoms with Gasteiger partial charge in [0.05, 0.1) is 17.9 Å². The lowest BCUT2D eigenvalue weighted by atomic mass is 10.1. The van der Waals surface area contributed by atoms with Crippen LogP contribution < -0.4 is 9.62 Å². The number of halogens is 3. The fourth-order valence-corrected chi connectivity index (χ4v) is 2.92. The maximum atomic E-state index is 13.0. The number of rotatable bonds is 1. The quantitative estimate of drug-likeness (QED) is 0.780. The molecule has 0 aromatic heterocycles. The van der Waals surface area contributed by atoms with E-state index >= 15 is 0 Å². The van der Waals surface area contributed by atoms with Gasteiger partial charge in [-0.2, -0.15) is 13.2 Å². The SMILES string of the molecule is FC(F)(F)c1cccc2c1N(C1CC1)CNS2. The van der Waals surface area contributed by atoms with Gasteiger partial charge in [-0.1, -0.05) is 6.07 Å². The number of hydrogen-bond acceptors (Lipinski definition) is 3. The van der Waals surface area contributed by atoms with Crippen LogP contribution in [-0.4, -0.2) is 12.7 Å². The lowest BCUT2D eigenvalue weighted by Crippen LogP contribution is -2.38. The van der Waals surface area contributed by atoms with Gasteiger partial charge in [-0.05, 0) is 36.9 Å². The van der Waals surface area contributed by atoms with Gasteiger partial charge in [0.1, 0.15) is 0 Å². The average molecular weight is 260 g/mol. The van der Waals surface area contributed by atoms with Crippen molar-refractivity contribution >= 4 is 17.6 Å². The van der Waals surface area contributed by atoms with Gasteiger partial charge in [0.25, 0.3) is 0 Å². The summed E-state index contributed by atoms with van der Waals surface area (Å²) in [7, 11) is 0. The molecule has 0 radical (unpaired) electrons. The number of para-hydroxylation sites is 1. The molecular weight excluding hydrogens is 249 g/mol. The summed E-state index contributed by atoms with van der Waals surface area (Å²) in [5.74, 6) is 0. The highest BCUT2D eigenvalue weighted by Crippen LogP contribution is 2.46. The van der Waals surface area contributed by atoms with E-state index in [2.05, 4.69) is 4.72 Å². The first-order valence-electron chi connectivity index (χ1n) is 5.44. The summed E-state index contributed by atoms with van der Waals surface area (Å²) < 4.78 is 42.0. The van der Waals surface area contributed by atoms with Crippen LogP contribution in [-0.2, 0) is 6.18 Å². The van der Waals surface area contributed by atoms with Crippen molar-refractivity contribution in [2.75, 3.05) is 11.6 Å². The molecule has 3 rings (SSSR count). The average Bonchev–Trinajstić information content (AvgIpc) is 3.10. The number of alkyl halides is 3. The van der Waals surface area contributed by atoms with Gasteiger partial charge in [-0.15, -0.1) is 0 Å². The van der Waals surface area contributed by atoms with Crippen molar-refractivity contribution < 1.29 is 13.2 Å². The Balaban J connectivity index is 2.11. The molecule has 1 N–H and O–H groups in total. The molecule has 1 heterocycles. The molecule has 1 aromatic rings. The summed E-state index contributed by atoms with van der Waals surface area (Å²) in [5.41, 5.74) is -0.165. The van der Waals surface area contributed by atoms with Crippen LogP contribution >= 0.6 is 11.9 Å². The van der Waals surface area contributed by atoms with E-state index < -0.39 is 11.7 Å². The summed E-state index contributed by atoms with van der Waals surface area (Å²) in [6.45, 7) is 0.482. The van der Waals surface area contributed by atoms with Gasteiger partial charge in [-0.25, -0.2) is 4.72 Å². The van der Waals surface area contributed by atoms with E-state index in [0.29, 0.717) is 17.3 Å². The standard InChI is InChI=1S/C11H11F3N2S/c12-11(13,14)8-2-1-3-9-10(8)16(6-15-17-9)7-4-5-7/h1-3,7,15H,4-6H2. The normalized spacial score (nSPS) is 20.3. The Bertz CT molecular complexity index is 443. The maximum Gasteiger partial charge on any atom is 0.418 e. The largest absolute Gasteiger partial charge is 0.418 e. The molecule has 1 aromatic carbocycles. The second-order valence-electron chi connectivity index (χ2n) is 4.26. The minimum absolute atomic E-state index is 0.269. The first-order valence-corrected chi connectivity index (χ1v) is 6.25. The number of hydrogen-bond donors (Lipinski definition) is 1. The summed E-state index contributed by atoms with van der Waals surface area (Å²) >= 11 is 1.28. The van der Waals surface area contributed by atoms with Crippen LogP contribution in [0.15, 0.2) is 23.1 Å². The van der Waals surface area contributed by atoms with Crippen molar-refractivity contribution in [1.29, 1.82) is 0 Å². The van der Waals surface area contributed by atoms with Crippen LogP contribution in [0.4, 0.5) is 18.9 Å². The molecule has 0 atom stereocenters. The van der Waals surface area contributed by atoms with E-state index in [1.54, 1.807) is 6.07 Å². The van der Waals surface area contributed by atoms with Gasteiger partial charge in [-0.3, -0.25) is 0 Å². The van der Waals surface area contributed by atoms with Crippen LogP contribution in [0.1, 0.15) is 18.4 Å². The molecule has 1 aliphatic heterocycles. The van der Waals surface area contributed by atoms with Gasteiger partial charge in [0.15, 0.2) is 0 Å². The highest BCUT2D eigenvalue weighted by molar-refractivity contribution is 7.97. The Morgan fingerprint density at radius 2 is 2.06 bits per heavy atom. The van der Waals surface area contributed by atoms with Gasteiger partial charge in [0, 0.05) is 10.9 Å². The van der Waals surface area contributed by atoms with E-state index in [9.17, 15) is 13.2 Å². The highest BCUT2D eigenvalue weighted by Gasteiger charge is 2.40. The lowest BCUT2D eigenvalue weighted by Gasteiger charge is -2.33. The van der Waals surface area contributed by atoms with E-state index in [-0.39, 0.29) is 6.04 Å². The van der Waals surface area contributed by atoms with Crippen molar-refractivity contribution in [2.24, 2.45) is 0 Å². The molecule has 0 amide bonds. The van der Waals surface area contributed by atoms with Crippen molar-refractivity contribution in [3.63, 3.8) is 0 Å². The van der Waals surface area contributed by atoms with Crippen LogP contribution in [0.5, 0.6) is 0 Å². The number of nitrogens with one attached hydrogen (secondary N) is 1. The second-order valence-corrected chi connectivity index (χ2v) is 5.19. The van der Waals surface area contributed by atoms with Gasteiger partial charge in [0.2, 0.25) is 0 Å². The van der Waals surface area contributed by atoms with Crippen LogP contribution in [0, 0.1) is 0 Å². The molecule has 6 heteroatoms. The van der Waals surface area contributed by atoms with Gasteiger partial charge < -0.3 is 4.90 Å². The Labute approximate surface area is 101 Å². The number of nitrogens with zero attached hydrogens (tertiary/aromatic N) is 1. The topological polar surface area (TPSA) is 15.3 Å². The predicted molar refractivity (Wildman–Crippen MR) is 60.8 cm³/mol. The van der Waals surface area contributed by atoms with Crippen molar-refractivity contribution in [1.82, 2.24) is 4.72 Å². The zero-order valence-corrected chi connectivity index (χ0v) is 9.74. The zero-order valence-electron chi connectivity index (χ0n) is 8.92. The zero-order chi connectivity index (χ0) is 12.0. The van der Waals surface area contributed by atoms with Crippen molar-refractivity contribution in [3.05, 3.63) is 23.8 Å². The molecule has 17 heavy (non-hydrogen) atoms. The molecule has 0 bridgehead atoms. The highest BCUT2D eigenvalue weighted by atomic mass is 32.2. The van der Waals surface area contributed by atoms with E-state index in [0.717, 1.165) is 12.8 Å². The van der Waals surface area contributed by atoms with Crippen LogP contribution in [0.3, 0.4) is 0 Å². The summed E-state index contributed by atoms with van der Waals surface area (Å²) in [6, 6.07) is 4.63. The van der Waals surface area contributed by atoms with Crippen molar-refractivity contribution in [2.45, 2.75) is 30.0 Å². The fourth-order valence-electron chi connectivity index (χ4n) is 2.09. The minimum Gasteiger partial charge on any atom is -0.354 e. The molecule has 1 saturated carbocycles. The molecule has 92 valence electrons. The monoisotopic (exact) mass is 260 g/mol. The molecule has 0 spiro atoms. The van der Waals surface area contributed by atoms with E-state index in [1.807, 2.05) is 4.90 Å². The smallest absolute Gasteiger partial charge is 0.354 e. The third kappa shape index (κ3) is 1.99. The van der Waals surface area contributed by atoms with Gasteiger partial charge >= 0.3 is 6.18 Å². The Morgan fingerprint density at radius 3 is 2.71 bits per heavy atom. The molecular formula is C11H11F3N2S. The van der Waals surface area contributed by atoms with Crippen LogP contribution in [0.2, 0.25) is 0 Å². The second kappa shape index (κ2) is 3.81. The predicted octanol–water partition coefficient (Wildman–Crippen LogP) is 3.24. The number of benzene rings is 1. The molecule has 0 unspecified atom stereocenters. The van der Waals surface area contributed by atoms with Crippen molar-refractivity contribution in [3.8, 4) is 0 Å².